The number of carbonyl (C=O) groups is 2. The molecule has 1 fully saturated rings. The fraction of sp³-hybridized carbons (Fsp3) is 0.529. The van der Waals surface area contributed by atoms with Crippen LogP contribution in [0.3, 0.4) is 0 Å². The second-order valence-corrected chi connectivity index (χ2v) is 5.80. The molecule has 2 rings (SSSR count). The van der Waals surface area contributed by atoms with Crippen LogP contribution in [0.25, 0.3) is 0 Å². The topological polar surface area (TPSA) is 66.8 Å². The summed E-state index contributed by atoms with van der Waals surface area (Å²) < 4.78 is 18.5. The number of ether oxygens (including phenoxy) is 1. The molecule has 0 radical (unpaired) electrons. The Morgan fingerprint density at radius 2 is 2.00 bits per heavy atom. The molecule has 1 amide bonds. The summed E-state index contributed by atoms with van der Waals surface area (Å²) in [5, 5.41) is 8.99. The number of hydrogen-bond acceptors (Lipinski definition) is 3. The lowest BCUT2D eigenvalue weighted by Gasteiger charge is -2.25. The number of carboxylic acid groups (broad SMARTS) is 1. The highest BCUT2D eigenvalue weighted by atomic mass is 19.1. The number of amides is 1. The third-order valence-electron chi connectivity index (χ3n) is 3.92. The molecule has 5 nitrogen and oxygen atoms in total. The number of carboxylic acids is 1. The molecular formula is C17H22FNO4. The molecule has 1 aliphatic heterocycles. The lowest BCUT2D eigenvalue weighted by atomic mass is 10.0. The van der Waals surface area contributed by atoms with Gasteiger partial charge in [-0.15, -0.1) is 0 Å². The number of nitrogens with zero attached hydrogens (tertiary/aromatic N) is 1. The third kappa shape index (κ3) is 5.98. The van der Waals surface area contributed by atoms with Gasteiger partial charge in [0.25, 0.3) is 0 Å². The number of rotatable bonds is 7. The monoisotopic (exact) mass is 323 g/mol. The highest BCUT2D eigenvalue weighted by molar-refractivity contribution is 5.81. The van der Waals surface area contributed by atoms with E-state index in [1.54, 1.807) is 12.1 Å². The van der Waals surface area contributed by atoms with Gasteiger partial charge in [0.05, 0.1) is 6.10 Å². The van der Waals surface area contributed by atoms with Gasteiger partial charge in [-0.25, -0.2) is 4.39 Å². The van der Waals surface area contributed by atoms with Gasteiger partial charge >= 0.3 is 5.97 Å². The maximum atomic E-state index is 12.9. The Kier molecular flexibility index (Phi) is 6.52. The van der Waals surface area contributed by atoms with Crippen molar-refractivity contribution in [2.75, 3.05) is 13.2 Å². The van der Waals surface area contributed by atoms with Crippen molar-refractivity contribution in [3.63, 3.8) is 0 Å². The molecule has 0 spiro atoms. The van der Waals surface area contributed by atoms with Gasteiger partial charge in [0.1, 0.15) is 12.4 Å². The predicted molar refractivity (Wildman–Crippen MR) is 82.3 cm³/mol. The van der Waals surface area contributed by atoms with Crippen LogP contribution in [0.1, 0.15) is 37.7 Å². The third-order valence-corrected chi connectivity index (χ3v) is 3.92. The molecule has 1 unspecified atom stereocenters. The van der Waals surface area contributed by atoms with Crippen molar-refractivity contribution in [2.45, 2.75) is 44.8 Å². The minimum Gasteiger partial charge on any atom is -0.480 e. The molecule has 1 aromatic carbocycles. The fourth-order valence-electron chi connectivity index (χ4n) is 2.68. The van der Waals surface area contributed by atoms with Crippen molar-refractivity contribution in [3.05, 3.63) is 35.6 Å². The summed E-state index contributed by atoms with van der Waals surface area (Å²) in [4.78, 5) is 24.6. The lowest BCUT2D eigenvalue weighted by molar-refractivity contribution is -0.145. The summed E-state index contributed by atoms with van der Waals surface area (Å²) in [6, 6.07) is 5.71. The standard InChI is InChI=1S/C17H22FNO4/c18-14-6-4-13(5-7-14)11-19(12-17(21)22)16(20)9-8-15-3-1-2-10-23-15/h4-7,15H,1-3,8-12H2,(H,21,22). The van der Waals surface area contributed by atoms with Crippen LogP contribution in [0, 0.1) is 5.82 Å². The lowest BCUT2D eigenvalue weighted by Crippen LogP contribution is -2.35. The molecule has 0 bridgehead atoms. The molecule has 1 heterocycles. The van der Waals surface area contributed by atoms with E-state index in [1.165, 1.54) is 17.0 Å². The van der Waals surface area contributed by atoms with Crippen LogP contribution >= 0.6 is 0 Å². The molecule has 1 N–H and O–H groups in total. The maximum absolute atomic E-state index is 12.9. The number of benzene rings is 1. The van der Waals surface area contributed by atoms with E-state index in [0.29, 0.717) is 12.0 Å². The second kappa shape index (κ2) is 8.62. The summed E-state index contributed by atoms with van der Waals surface area (Å²) in [6.07, 6.45) is 4.07. The Morgan fingerprint density at radius 1 is 1.26 bits per heavy atom. The summed E-state index contributed by atoms with van der Waals surface area (Å²) in [7, 11) is 0. The summed E-state index contributed by atoms with van der Waals surface area (Å²) in [6.45, 7) is 0.534. The number of hydrogen-bond donors (Lipinski definition) is 1. The molecule has 1 aromatic rings. The molecule has 1 atom stereocenters. The van der Waals surface area contributed by atoms with Crippen molar-refractivity contribution in [3.8, 4) is 0 Å². The van der Waals surface area contributed by atoms with Crippen molar-refractivity contribution < 1.29 is 23.8 Å². The first-order valence-electron chi connectivity index (χ1n) is 7.90. The van der Waals surface area contributed by atoms with Gasteiger partial charge in [-0.2, -0.15) is 0 Å². The van der Waals surface area contributed by atoms with Crippen molar-refractivity contribution in [1.29, 1.82) is 0 Å². The number of carbonyl (C=O) groups excluding carboxylic acids is 1. The Labute approximate surface area is 135 Å². The van der Waals surface area contributed by atoms with E-state index in [1.807, 2.05) is 0 Å². The first-order valence-corrected chi connectivity index (χ1v) is 7.90. The van der Waals surface area contributed by atoms with Crippen LogP contribution < -0.4 is 0 Å². The SMILES string of the molecule is O=C(O)CN(Cc1ccc(F)cc1)C(=O)CCC1CCCCO1. The molecule has 0 aromatic heterocycles. The Balaban J connectivity index is 1.91. The van der Waals surface area contributed by atoms with Gasteiger partial charge in [-0.05, 0) is 43.4 Å². The number of halogens is 1. The highest BCUT2D eigenvalue weighted by Gasteiger charge is 2.20. The van der Waals surface area contributed by atoms with Crippen LogP contribution in [0.15, 0.2) is 24.3 Å². The Bertz CT molecular complexity index is 526. The molecule has 0 saturated carbocycles. The van der Waals surface area contributed by atoms with E-state index in [-0.39, 0.29) is 37.3 Å². The maximum Gasteiger partial charge on any atom is 0.323 e. The first-order chi connectivity index (χ1) is 11.0. The second-order valence-electron chi connectivity index (χ2n) is 5.80. The first kappa shape index (κ1) is 17.4. The van der Waals surface area contributed by atoms with E-state index in [0.717, 1.165) is 25.9 Å². The van der Waals surface area contributed by atoms with E-state index in [2.05, 4.69) is 0 Å². The quantitative estimate of drug-likeness (QED) is 0.837. The minimum atomic E-state index is -1.06. The van der Waals surface area contributed by atoms with Gasteiger partial charge < -0.3 is 14.7 Å². The van der Waals surface area contributed by atoms with Crippen LogP contribution in [0.5, 0.6) is 0 Å². The highest BCUT2D eigenvalue weighted by Crippen LogP contribution is 2.18. The molecule has 1 aliphatic rings. The number of aliphatic carboxylic acids is 1. The van der Waals surface area contributed by atoms with Gasteiger partial charge in [0.15, 0.2) is 0 Å². The van der Waals surface area contributed by atoms with Crippen LogP contribution in [-0.2, 0) is 20.9 Å². The summed E-state index contributed by atoms with van der Waals surface area (Å²) in [5.41, 5.74) is 0.704. The van der Waals surface area contributed by atoms with Crippen molar-refractivity contribution in [1.82, 2.24) is 4.90 Å². The summed E-state index contributed by atoms with van der Waals surface area (Å²) in [5.74, 6) is -1.64. The van der Waals surface area contributed by atoms with Crippen LogP contribution in [-0.4, -0.2) is 41.1 Å². The molecule has 6 heteroatoms. The molecule has 1 saturated heterocycles. The predicted octanol–water partition coefficient (Wildman–Crippen LogP) is 2.59. The molecule has 23 heavy (non-hydrogen) atoms. The molecule has 0 aliphatic carbocycles. The van der Waals surface area contributed by atoms with E-state index in [9.17, 15) is 14.0 Å². The molecule has 126 valence electrons. The zero-order valence-electron chi connectivity index (χ0n) is 13.0. The van der Waals surface area contributed by atoms with Gasteiger partial charge in [-0.3, -0.25) is 9.59 Å². The fourth-order valence-corrected chi connectivity index (χ4v) is 2.68. The average molecular weight is 323 g/mol. The zero-order chi connectivity index (χ0) is 16.7. The van der Waals surface area contributed by atoms with Gasteiger partial charge in [-0.1, -0.05) is 12.1 Å². The van der Waals surface area contributed by atoms with Gasteiger partial charge in [0, 0.05) is 19.6 Å². The van der Waals surface area contributed by atoms with E-state index < -0.39 is 5.97 Å². The van der Waals surface area contributed by atoms with Crippen molar-refractivity contribution in [2.24, 2.45) is 0 Å². The Hall–Kier alpha value is -1.95. The normalized spacial score (nSPS) is 17.7. The smallest absolute Gasteiger partial charge is 0.323 e. The average Bonchev–Trinajstić information content (AvgIpc) is 2.54. The zero-order valence-corrected chi connectivity index (χ0v) is 13.0. The van der Waals surface area contributed by atoms with Crippen LogP contribution in [0.4, 0.5) is 4.39 Å². The largest absolute Gasteiger partial charge is 0.480 e. The van der Waals surface area contributed by atoms with E-state index in [4.69, 9.17) is 9.84 Å². The van der Waals surface area contributed by atoms with E-state index >= 15 is 0 Å². The molecular weight excluding hydrogens is 301 g/mol. The van der Waals surface area contributed by atoms with Crippen LogP contribution in [0.2, 0.25) is 0 Å². The minimum absolute atomic E-state index is 0.0881. The summed E-state index contributed by atoms with van der Waals surface area (Å²) >= 11 is 0. The Morgan fingerprint density at radius 3 is 2.61 bits per heavy atom. The van der Waals surface area contributed by atoms with Gasteiger partial charge in [0.2, 0.25) is 5.91 Å². The van der Waals surface area contributed by atoms with Crippen molar-refractivity contribution >= 4 is 11.9 Å².